The van der Waals surface area contributed by atoms with Crippen LogP contribution in [0.4, 0.5) is 13.2 Å². The molecular formula is C27H38ClF3O4S. The van der Waals surface area contributed by atoms with Gasteiger partial charge in [-0.1, -0.05) is 59.7 Å². The Balaban J connectivity index is 0. The smallest absolute Gasteiger partial charge is 0.416 e. The third kappa shape index (κ3) is 14.9. The van der Waals surface area contributed by atoms with Gasteiger partial charge < -0.3 is 14.2 Å². The topological polar surface area (TPSA) is 44.8 Å². The van der Waals surface area contributed by atoms with E-state index < -0.39 is 17.7 Å². The van der Waals surface area contributed by atoms with Crippen molar-refractivity contribution in [1.29, 1.82) is 0 Å². The molecule has 204 valence electrons. The van der Waals surface area contributed by atoms with Gasteiger partial charge in [0.25, 0.3) is 0 Å². The second-order valence-corrected chi connectivity index (χ2v) is 7.49. The van der Waals surface area contributed by atoms with E-state index in [1.807, 2.05) is 41.5 Å². The molecule has 36 heavy (non-hydrogen) atoms. The van der Waals surface area contributed by atoms with Crippen molar-refractivity contribution < 1.29 is 32.2 Å². The van der Waals surface area contributed by atoms with Crippen LogP contribution >= 0.6 is 23.4 Å². The Morgan fingerprint density at radius 3 is 2.03 bits per heavy atom. The Kier molecular flexibility index (Phi) is 20.7. The van der Waals surface area contributed by atoms with Gasteiger partial charge in [0.1, 0.15) is 18.1 Å². The minimum atomic E-state index is -4.38. The van der Waals surface area contributed by atoms with Crippen molar-refractivity contribution in [3.8, 4) is 11.5 Å². The molecule has 0 fully saturated rings. The minimum Gasteiger partial charge on any atom is -0.489 e. The fourth-order valence-electron chi connectivity index (χ4n) is 2.18. The second-order valence-electron chi connectivity index (χ2n) is 6.04. The number of rotatable bonds is 10. The Bertz CT molecular complexity index is 872. The van der Waals surface area contributed by atoms with Gasteiger partial charge in [0.2, 0.25) is 0 Å². The van der Waals surface area contributed by atoms with Crippen molar-refractivity contribution in [2.24, 2.45) is 0 Å². The SMILES string of the molecule is C=C(COc1ccc(C(F)(F)F)cc1)CSc1ccc(OCC(=O)OCC)c(Cl)c1.CC.CC.CC. The van der Waals surface area contributed by atoms with E-state index in [1.165, 1.54) is 23.9 Å². The summed E-state index contributed by atoms with van der Waals surface area (Å²) in [6.45, 7) is 17.8. The normalized spacial score (nSPS) is 9.75. The maximum atomic E-state index is 12.6. The fourth-order valence-corrected chi connectivity index (χ4v) is 3.30. The summed E-state index contributed by atoms with van der Waals surface area (Å²) in [5.41, 5.74) is 0.0226. The first-order chi connectivity index (χ1) is 17.2. The lowest BCUT2D eigenvalue weighted by molar-refractivity contribution is -0.145. The fraction of sp³-hybridized carbons (Fsp3) is 0.444. The summed E-state index contributed by atoms with van der Waals surface area (Å²) in [6.07, 6.45) is -4.38. The standard InChI is InChI=1S/C21H20ClF3O4S.3C2H6/c1-3-27-20(26)12-29-19-9-8-17(10-18(19)22)30-13-14(2)11-28-16-6-4-15(5-7-16)21(23,24)25;3*1-2/h4-10H,2-3,11-13H2,1H3;3*1-2H3. The first-order valence-corrected chi connectivity index (χ1v) is 13.2. The highest BCUT2D eigenvalue weighted by Crippen LogP contribution is 2.32. The van der Waals surface area contributed by atoms with Crippen molar-refractivity contribution in [1.82, 2.24) is 0 Å². The van der Waals surface area contributed by atoms with Gasteiger partial charge in [0.15, 0.2) is 6.61 Å². The lowest BCUT2D eigenvalue weighted by Gasteiger charge is -2.11. The van der Waals surface area contributed by atoms with E-state index in [2.05, 4.69) is 6.58 Å². The molecule has 4 nitrogen and oxygen atoms in total. The molecule has 0 amide bonds. The van der Waals surface area contributed by atoms with Crippen LogP contribution in [0.25, 0.3) is 0 Å². The third-order valence-corrected chi connectivity index (χ3v) is 5.06. The Morgan fingerprint density at radius 2 is 1.53 bits per heavy atom. The number of hydrogen-bond acceptors (Lipinski definition) is 5. The molecule has 0 aliphatic rings. The molecule has 2 aromatic rings. The van der Waals surface area contributed by atoms with E-state index >= 15 is 0 Å². The highest BCUT2D eigenvalue weighted by Gasteiger charge is 2.30. The average molecular weight is 551 g/mol. The number of thioether (sulfide) groups is 1. The molecule has 0 aliphatic carbocycles. The average Bonchev–Trinajstić information content (AvgIpc) is 2.89. The van der Waals surface area contributed by atoms with Crippen molar-refractivity contribution in [3.05, 3.63) is 65.2 Å². The van der Waals surface area contributed by atoms with E-state index in [9.17, 15) is 18.0 Å². The lowest BCUT2D eigenvalue weighted by Crippen LogP contribution is -2.14. The summed E-state index contributed by atoms with van der Waals surface area (Å²) in [7, 11) is 0. The largest absolute Gasteiger partial charge is 0.489 e. The number of benzene rings is 2. The van der Waals surface area contributed by atoms with Crippen molar-refractivity contribution in [2.75, 3.05) is 25.6 Å². The Morgan fingerprint density at radius 1 is 0.944 bits per heavy atom. The highest BCUT2D eigenvalue weighted by atomic mass is 35.5. The zero-order chi connectivity index (χ0) is 28.1. The quantitative estimate of drug-likeness (QED) is 0.168. The number of carbonyl (C=O) groups excluding carboxylic acids is 1. The van der Waals surface area contributed by atoms with Crippen LogP contribution < -0.4 is 9.47 Å². The van der Waals surface area contributed by atoms with Crippen LogP contribution in [0, 0.1) is 0 Å². The summed E-state index contributed by atoms with van der Waals surface area (Å²) >= 11 is 7.64. The van der Waals surface area contributed by atoms with Crippen LogP contribution in [0.15, 0.2) is 59.5 Å². The predicted octanol–water partition coefficient (Wildman–Crippen LogP) is 9.11. The number of ether oxygens (including phenoxy) is 3. The number of esters is 1. The van der Waals surface area contributed by atoms with Gasteiger partial charge in [0.05, 0.1) is 17.2 Å². The maximum Gasteiger partial charge on any atom is 0.416 e. The van der Waals surface area contributed by atoms with Gasteiger partial charge >= 0.3 is 12.1 Å². The van der Waals surface area contributed by atoms with Gasteiger partial charge in [-0.05, 0) is 55.0 Å². The van der Waals surface area contributed by atoms with Gasteiger partial charge in [-0.15, -0.1) is 11.8 Å². The molecule has 9 heteroatoms. The van der Waals surface area contributed by atoms with Crippen LogP contribution in [0.1, 0.15) is 54.0 Å². The van der Waals surface area contributed by atoms with Crippen molar-refractivity contribution in [3.63, 3.8) is 0 Å². The molecule has 0 saturated heterocycles. The maximum absolute atomic E-state index is 12.6. The van der Waals surface area contributed by atoms with Crippen LogP contribution in [-0.4, -0.2) is 31.5 Å². The van der Waals surface area contributed by atoms with E-state index in [0.29, 0.717) is 22.3 Å². The lowest BCUT2D eigenvalue weighted by atomic mass is 10.2. The van der Waals surface area contributed by atoms with Gasteiger partial charge in [-0.3, -0.25) is 0 Å². The number of halogens is 4. The van der Waals surface area contributed by atoms with Crippen LogP contribution in [0.5, 0.6) is 11.5 Å². The highest BCUT2D eigenvalue weighted by molar-refractivity contribution is 7.99. The zero-order valence-corrected chi connectivity index (χ0v) is 23.7. The number of hydrogen-bond donors (Lipinski definition) is 0. The van der Waals surface area contributed by atoms with Crippen LogP contribution in [0.2, 0.25) is 5.02 Å². The van der Waals surface area contributed by atoms with Gasteiger partial charge in [-0.25, -0.2) is 4.79 Å². The van der Waals surface area contributed by atoms with E-state index in [1.54, 1.807) is 25.1 Å². The Labute approximate surface area is 223 Å². The summed E-state index contributed by atoms with van der Waals surface area (Å²) in [4.78, 5) is 12.2. The summed E-state index contributed by atoms with van der Waals surface area (Å²) < 4.78 is 53.3. The summed E-state index contributed by atoms with van der Waals surface area (Å²) in [5.74, 6) is 0.759. The van der Waals surface area contributed by atoms with Crippen LogP contribution in [0.3, 0.4) is 0 Å². The molecule has 0 atom stereocenters. The Hall–Kier alpha value is -2.32. The van der Waals surface area contributed by atoms with Crippen molar-refractivity contribution >= 4 is 29.3 Å². The monoisotopic (exact) mass is 550 g/mol. The van der Waals surface area contributed by atoms with E-state index in [-0.39, 0.29) is 19.8 Å². The van der Waals surface area contributed by atoms with Gasteiger partial charge in [-0.2, -0.15) is 13.2 Å². The molecule has 0 heterocycles. The molecule has 0 radical (unpaired) electrons. The summed E-state index contributed by atoms with van der Waals surface area (Å²) in [5, 5.41) is 0.357. The van der Waals surface area contributed by atoms with Crippen LogP contribution in [-0.2, 0) is 15.7 Å². The molecule has 0 aliphatic heterocycles. The first-order valence-electron chi connectivity index (χ1n) is 11.9. The zero-order valence-electron chi connectivity index (χ0n) is 22.1. The molecule has 0 aromatic heterocycles. The molecule has 2 aromatic carbocycles. The third-order valence-electron chi connectivity index (χ3n) is 3.62. The predicted molar refractivity (Wildman–Crippen MR) is 144 cm³/mol. The first kappa shape index (κ1) is 35.8. The second kappa shape index (κ2) is 20.8. The molecule has 0 N–H and O–H groups in total. The van der Waals surface area contributed by atoms with Crippen molar-refractivity contribution in [2.45, 2.75) is 59.5 Å². The number of carbonyl (C=O) groups is 1. The molecule has 0 bridgehead atoms. The summed E-state index contributed by atoms with van der Waals surface area (Å²) in [6, 6.07) is 9.65. The van der Waals surface area contributed by atoms with Gasteiger partial charge in [0, 0.05) is 10.6 Å². The van der Waals surface area contributed by atoms with E-state index in [0.717, 1.165) is 22.6 Å². The molecule has 2 rings (SSSR count). The molecule has 0 spiro atoms. The van der Waals surface area contributed by atoms with E-state index in [4.69, 9.17) is 25.8 Å². The number of alkyl halides is 3. The minimum absolute atomic E-state index is 0.173. The molecular weight excluding hydrogens is 513 g/mol. The molecule has 0 saturated carbocycles. The molecule has 0 unspecified atom stereocenters.